The lowest BCUT2D eigenvalue weighted by Crippen LogP contribution is -2.01. The van der Waals surface area contributed by atoms with E-state index < -0.39 is 0 Å². The van der Waals surface area contributed by atoms with Gasteiger partial charge in [0.2, 0.25) is 0 Å². The first kappa shape index (κ1) is 13.6. The molecular weight excluding hydrogens is 254 g/mol. The third-order valence-corrected chi connectivity index (χ3v) is 3.50. The highest BCUT2D eigenvalue weighted by Crippen LogP contribution is 2.27. The minimum absolute atomic E-state index is 0.790. The largest absolute Gasteiger partial charge is 0.352 e. The zero-order valence-electron chi connectivity index (χ0n) is 11.1. The number of thioether (sulfide) groups is 1. The Morgan fingerprint density at radius 3 is 3.05 bits per heavy atom. The molecule has 0 saturated carbocycles. The fourth-order valence-corrected chi connectivity index (χ4v) is 2.30. The smallest absolute Gasteiger partial charge is 0.0863 e. The van der Waals surface area contributed by atoms with Crippen LogP contribution in [0, 0.1) is 0 Å². The number of rotatable bonds is 5. The maximum atomic E-state index is 4.13. The highest BCUT2D eigenvalue weighted by molar-refractivity contribution is 8.07. The molecule has 0 unspecified atom stereocenters. The number of pyridine rings is 1. The van der Waals surface area contributed by atoms with Crippen LogP contribution in [0.15, 0.2) is 47.9 Å². The van der Waals surface area contributed by atoms with Crippen molar-refractivity contribution in [2.45, 2.75) is 6.92 Å². The number of nitrogens with one attached hydrogen (secondary N) is 1. The normalized spacial score (nSPS) is 12.2. The van der Waals surface area contributed by atoms with Crippen LogP contribution in [0.2, 0.25) is 0 Å². The second-order valence-electron chi connectivity index (χ2n) is 3.94. The fourth-order valence-electron chi connectivity index (χ4n) is 1.75. The zero-order chi connectivity index (χ0) is 13.5. The molecule has 0 saturated heterocycles. The highest BCUT2D eigenvalue weighted by atomic mass is 32.2. The first-order valence-electron chi connectivity index (χ1n) is 6.18. The lowest BCUT2D eigenvalue weighted by molar-refractivity contribution is 1.12. The molecule has 0 amide bonds. The average molecular weight is 271 g/mol. The van der Waals surface area contributed by atoms with Gasteiger partial charge < -0.3 is 5.32 Å². The van der Waals surface area contributed by atoms with Gasteiger partial charge >= 0.3 is 0 Å². The number of benzene rings is 1. The van der Waals surface area contributed by atoms with Gasteiger partial charge in [0.1, 0.15) is 0 Å². The van der Waals surface area contributed by atoms with Gasteiger partial charge in [-0.3, -0.25) is 9.98 Å². The molecule has 0 aliphatic carbocycles. The molecule has 0 spiro atoms. The molecule has 0 aliphatic rings. The van der Waals surface area contributed by atoms with E-state index in [1.165, 1.54) is 15.9 Å². The van der Waals surface area contributed by atoms with E-state index in [9.17, 15) is 0 Å². The molecule has 3 nitrogen and oxygen atoms in total. The number of nitrogens with zero attached hydrogens (tertiary/aromatic N) is 2. The van der Waals surface area contributed by atoms with Gasteiger partial charge in [-0.05, 0) is 36.3 Å². The molecule has 4 heteroatoms. The van der Waals surface area contributed by atoms with E-state index in [0.29, 0.717) is 0 Å². The maximum Gasteiger partial charge on any atom is 0.0863 e. The van der Waals surface area contributed by atoms with E-state index in [1.807, 2.05) is 31.6 Å². The van der Waals surface area contributed by atoms with Crippen molar-refractivity contribution in [3.63, 3.8) is 0 Å². The van der Waals surface area contributed by atoms with Crippen LogP contribution < -0.4 is 5.32 Å². The lowest BCUT2D eigenvalue weighted by Gasteiger charge is -2.06. The summed E-state index contributed by atoms with van der Waals surface area (Å²) in [6.07, 6.45) is 9.48. The van der Waals surface area contributed by atoms with Crippen molar-refractivity contribution >= 4 is 33.8 Å². The van der Waals surface area contributed by atoms with Crippen molar-refractivity contribution in [2.75, 3.05) is 12.8 Å². The third-order valence-electron chi connectivity index (χ3n) is 2.71. The number of hydrogen-bond acceptors (Lipinski definition) is 3. The Bertz CT molecular complexity index is 605. The van der Waals surface area contributed by atoms with Gasteiger partial charge in [-0.2, -0.15) is 0 Å². The van der Waals surface area contributed by atoms with Crippen LogP contribution in [-0.2, 0) is 0 Å². The summed E-state index contributed by atoms with van der Waals surface area (Å²) in [6.45, 7) is 2.80. The standard InChI is InChI=1S/C15H17N3S/c1-3-16-11-18-10-15(19-2)13-4-5-14-9-17-7-6-12(14)8-13/h4-11H,3H2,1-2H3,(H,16,18)/b15-10-. The molecular formula is C15H17N3S. The van der Waals surface area contributed by atoms with E-state index in [2.05, 4.69) is 39.7 Å². The van der Waals surface area contributed by atoms with Gasteiger partial charge in [0, 0.05) is 35.4 Å². The third kappa shape index (κ3) is 3.58. The van der Waals surface area contributed by atoms with Crippen molar-refractivity contribution in [3.8, 4) is 0 Å². The minimum Gasteiger partial charge on any atom is -0.352 e. The van der Waals surface area contributed by atoms with Gasteiger partial charge in [0.25, 0.3) is 0 Å². The van der Waals surface area contributed by atoms with E-state index in [-0.39, 0.29) is 0 Å². The van der Waals surface area contributed by atoms with Gasteiger partial charge in [-0.15, -0.1) is 11.8 Å². The molecule has 0 fully saturated rings. The lowest BCUT2D eigenvalue weighted by atomic mass is 10.1. The second-order valence-corrected chi connectivity index (χ2v) is 4.79. The molecule has 0 radical (unpaired) electrons. The predicted octanol–water partition coefficient (Wildman–Crippen LogP) is 3.53. The highest BCUT2D eigenvalue weighted by Gasteiger charge is 2.01. The Morgan fingerprint density at radius 2 is 2.26 bits per heavy atom. The zero-order valence-corrected chi connectivity index (χ0v) is 11.9. The predicted molar refractivity (Wildman–Crippen MR) is 85.4 cm³/mol. The second kappa shape index (κ2) is 6.95. The molecule has 19 heavy (non-hydrogen) atoms. The Balaban J connectivity index is 2.27. The van der Waals surface area contributed by atoms with E-state index in [1.54, 1.807) is 18.1 Å². The monoisotopic (exact) mass is 271 g/mol. The molecule has 0 bridgehead atoms. The molecule has 2 rings (SSSR count). The molecule has 0 aliphatic heterocycles. The minimum atomic E-state index is 0.790. The van der Waals surface area contributed by atoms with Crippen LogP contribution in [0.3, 0.4) is 0 Å². The van der Waals surface area contributed by atoms with Gasteiger partial charge in [0.15, 0.2) is 0 Å². The van der Waals surface area contributed by atoms with Crippen LogP contribution >= 0.6 is 11.8 Å². The summed E-state index contributed by atoms with van der Waals surface area (Å²) >= 11 is 1.71. The van der Waals surface area contributed by atoms with Gasteiger partial charge in [0.05, 0.1) is 6.34 Å². The van der Waals surface area contributed by atoms with Crippen molar-refractivity contribution in [2.24, 2.45) is 4.99 Å². The fraction of sp³-hybridized carbons (Fsp3) is 0.200. The van der Waals surface area contributed by atoms with Crippen molar-refractivity contribution in [1.29, 1.82) is 0 Å². The SMILES string of the molecule is CCN=CN/C=C(\SC)c1ccc2cnccc2c1. The van der Waals surface area contributed by atoms with Crippen molar-refractivity contribution in [3.05, 3.63) is 48.4 Å². The quantitative estimate of drug-likeness (QED) is 0.667. The Kier molecular flexibility index (Phi) is 4.98. The Labute approximate surface area is 117 Å². The summed E-state index contributed by atoms with van der Waals surface area (Å²) in [7, 11) is 0. The van der Waals surface area contributed by atoms with Crippen LogP contribution in [0.25, 0.3) is 15.7 Å². The molecule has 1 aromatic heterocycles. The van der Waals surface area contributed by atoms with Crippen LogP contribution in [-0.4, -0.2) is 24.1 Å². The summed E-state index contributed by atoms with van der Waals surface area (Å²) < 4.78 is 0. The number of aromatic nitrogens is 1. The van der Waals surface area contributed by atoms with E-state index >= 15 is 0 Å². The number of aliphatic imine (C=N–C) groups is 1. The van der Waals surface area contributed by atoms with E-state index in [0.717, 1.165) is 11.9 Å². The summed E-state index contributed by atoms with van der Waals surface area (Å²) in [5.41, 5.74) is 1.20. The molecule has 1 heterocycles. The summed E-state index contributed by atoms with van der Waals surface area (Å²) in [6, 6.07) is 8.42. The first-order chi connectivity index (χ1) is 9.35. The molecule has 2 aromatic rings. The van der Waals surface area contributed by atoms with E-state index in [4.69, 9.17) is 0 Å². The van der Waals surface area contributed by atoms with Crippen LogP contribution in [0.4, 0.5) is 0 Å². The summed E-state index contributed by atoms with van der Waals surface area (Å²) in [5.74, 6) is 0. The Morgan fingerprint density at radius 1 is 1.37 bits per heavy atom. The maximum absolute atomic E-state index is 4.13. The molecule has 98 valence electrons. The summed E-state index contributed by atoms with van der Waals surface area (Å²) in [4.78, 5) is 9.43. The van der Waals surface area contributed by atoms with Crippen LogP contribution in [0.1, 0.15) is 12.5 Å². The van der Waals surface area contributed by atoms with Crippen molar-refractivity contribution < 1.29 is 0 Å². The van der Waals surface area contributed by atoms with Crippen molar-refractivity contribution in [1.82, 2.24) is 10.3 Å². The summed E-state index contributed by atoms with van der Waals surface area (Å²) in [5, 5.41) is 5.46. The first-order valence-corrected chi connectivity index (χ1v) is 7.40. The Hall–Kier alpha value is -1.81. The van der Waals surface area contributed by atoms with Gasteiger partial charge in [-0.1, -0.05) is 12.1 Å². The van der Waals surface area contributed by atoms with Crippen LogP contribution in [0.5, 0.6) is 0 Å². The number of hydrogen-bond donors (Lipinski definition) is 1. The molecule has 0 atom stereocenters. The molecule has 1 N–H and O–H groups in total. The molecule has 1 aromatic carbocycles. The average Bonchev–Trinajstić information content (AvgIpc) is 2.47. The number of fused-ring (bicyclic) bond motifs is 1. The van der Waals surface area contributed by atoms with Gasteiger partial charge in [-0.25, -0.2) is 0 Å². The topological polar surface area (TPSA) is 37.3 Å².